The van der Waals surface area contributed by atoms with Gasteiger partial charge in [0.25, 0.3) is 0 Å². The second-order valence-electron chi connectivity index (χ2n) is 15.5. The van der Waals surface area contributed by atoms with E-state index in [4.69, 9.17) is 28.4 Å². The van der Waals surface area contributed by atoms with Gasteiger partial charge in [-0.15, -0.1) is 0 Å². The smallest absolute Gasteiger partial charge is 0.204 e. The number of aliphatic hydroxyl groups excluding tert-OH is 1. The first-order chi connectivity index (χ1) is 27.3. The molecular weight excluding hydrogens is 709 g/mol. The molecule has 6 bridgehead atoms. The average molecular weight is 765 g/mol. The van der Waals surface area contributed by atoms with Crippen molar-refractivity contribution in [2.24, 2.45) is 0 Å². The third-order valence-corrected chi connectivity index (χ3v) is 12.4. The van der Waals surface area contributed by atoms with Crippen LogP contribution in [-0.4, -0.2) is 120 Å². The van der Waals surface area contributed by atoms with Gasteiger partial charge in [0.15, 0.2) is 34.5 Å². The molecule has 1 N–H and O–H groups in total. The van der Waals surface area contributed by atoms with Gasteiger partial charge in [0, 0.05) is 75.6 Å². The van der Waals surface area contributed by atoms with Gasteiger partial charge in [0.1, 0.15) is 5.75 Å². The Hall–Kier alpha value is -4.52. The summed E-state index contributed by atoms with van der Waals surface area (Å²) in [7, 11) is 11.3. The Labute approximate surface area is 331 Å². The Balaban J connectivity index is 1.33. The lowest BCUT2D eigenvalue weighted by Gasteiger charge is -2.40. The molecule has 11 nitrogen and oxygen atoms in total. The van der Waals surface area contributed by atoms with E-state index in [1.807, 2.05) is 6.07 Å². The van der Waals surface area contributed by atoms with Gasteiger partial charge in [0.2, 0.25) is 5.75 Å². The van der Waals surface area contributed by atoms with Crippen molar-refractivity contribution in [3.05, 3.63) is 93.5 Å². The fourth-order valence-corrected chi connectivity index (χ4v) is 9.21. The molecule has 5 aliphatic rings. The van der Waals surface area contributed by atoms with E-state index in [0.717, 1.165) is 87.5 Å². The highest BCUT2D eigenvalue weighted by molar-refractivity contribution is 5.67. The number of aliphatic hydroxyl groups is 1. The van der Waals surface area contributed by atoms with Crippen molar-refractivity contribution in [3.63, 3.8) is 0 Å². The standard InChI is InChI=1S/C45H56N4O7/c1-46-15-13-31-26-39(52-4)41-27-34(31)36(46)23-29-7-10-32(11-8-29)55-40-25-30(9-12-38(40)51-3)24-37-42-33(14-16-47(37)2)35(43(53-5)45(54-6)44(42)56-41)28-49-19-17-48(18-20-49)21-22-50/h7-12,25-27,36-37,50H,13-24,28H2,1-6H3/t36?,37-/m0/s1. The molecule has 4 aromatic rings. The van der Waals surface area contributed by atoms with Crippen molar-refractivity contribution >= 4 is 0 Å². The molecule has 5 aliphatic heterocycles. The van der Waals surface area contributed by atoms with Gasteiger partial charge < -0.3 is 33.5 Å². The summed E-state index contributed by atoms with van der Waals surface area (Å²) in [5.41, 5.74) is 8.34. The number of piperazine rings is 1. The highest BCUT2D eigenvalue weighted by atomic mass is 16.5. The molecule has 298 valence electrons. The van der Waals surface area contributed by atoms with Crippen molar-refractivity contribution in [3.8, 4) is 46.0 Å². The van der Waals surface area contributed by atoms with Crippen LogP contribution in [0.5, 0.6) is 46.0 Å². The van der Waals surface area contributed by atoms with E-state index in [1.165, 1.54) is 22.3 Å². The van der Waals surface area contributed by atoms with E-state index in [1.54, 1.807) is 28.4 Å². The van der Waals surface area contributed by atoms with Crippen LogP contribution < -0.4 is 28.4 Å². The molecule has 0 amide bonds. The van der Waals surface area contributed by atoms with Crippen LogP contribution >= 0.6 is 0 Å². The van der Waals surface area contributed by atoms with E-state index >= 15 is 0 Å². The summed E-state index contributed by atoms with van der Waals surface area (Å²) >= 11 is 0. The van der Waals surface area contributed by atoms with Crippen LogP contribution in [0.4, 0.5) is 0 Å². The van der Waals surface area contributed by atoms with Gasteiger partial charge in [-0.25, -0.2) is 0 Å². The molecule has 0 aliphatic carbocycles. The van der Waals surface area contributed by atoms with E-state index in [2.05, 4.69) is 82.2 Å². The Morgan fingerprint density at radius 2 is 1.32 bits per heavy atom. The van der Waals surface area contributed by atoms with Gasteiger partial charge in [-0.3, -0.25) is 19.6 Å². The zero-order valence-corrected chi connectivity index (χ0v) is 33.7. The molecule has 1 unspecified atom stereocenters. The number of fused-ring (bicyclic) bond motifs is 2. The van der Waals surface area contributed by atoms with Gasteiger partial charge >= 0.3 is 0 Å². The highest BCUT2D eigenvalue weighted by Crippen LogP contribution is 2.54. The largest absolute Gasteiger partial charge is 0.493 e. The van der Waals surface area contributed by atoms with Crippen LogP contribution in [0, 0.1) is 0 Å². The minimum absolute atomic E-state index is 0.0596. The number of nitrogens with zero attached hydrogens (tertiary/aromatic N) is 4. The maximum absolute atomic E-state index is 9.56. The Morgan fingerprint density at radius 3 is 2.04 bits per heavy atom. The first kappa shape index (κ1) is 38.4. The molecule has 56 heavy (non-hydrogen) atoms. The number of hydrogen-bond donors (Lipinski definition) is 1. The lowest BCUT2D eigenvalue weighted by Crippen LogP contribution is -2.47. The molecule has 1 fully saturated rings. The average Bonchev–Trinajstić information content (AvgIpc) is 3.21. The third-order valence-electron chi connectivity index (χ3n) is 12.4. The summed E-state index contributed by atoms with van der Waals surface area (Å²) in [6.07, 6.45) is 3.28. The summed E-state index contributed by atoms with van der Waals surface area (Å²) in [6, 6.07) is 19.1. The van der Waals surface area contributed by atoms with Crippen LogP contribution in [0.15, 0.2) is 54.6 Å². The van der Waals surface area contributed by atoms with Gasteiger partial charge in [-0.05, 0) is 104 Å². The summed E-state index contributed by atoms with van der Waals surface area (Å²) in [4.78, 5) is 9.68. The van der Waals surface area contributed by atoms with Crippen LogP contribution in [-0.2, 0) is 32.2 Å². The monoisotopic (exact) mass is 764 g/mol. The minimum Gasteiger partial charge on any atom is -0.493 e. The number of hydrogen-bond acceptors (Lipinski definition) is 11. The number of β-amino-alcohol motifs (C(OH)–C–C–N with tert-alkyl or cyclic N) is 1. The molecule has 2 atom stereocenters. The number of likely N-dealkylation sites (N-methyl/N-ethyl adjacent to an activating group) is 2. The van der Waals surface area contributed by atoms with Crippen LogP contribution in [0.25, 0.3) is 0 Å². The molecule has 9 rings (SSSR count). The molecule has 5 heterocycles. The van der Waals surface area contributed by atoms with Crippen LogP contribution in [0.3, 0.4) is 0 Å². The summed E-state index contributed by atoms with van der Waals surface area (Å²) < 4.78 is 38.4. The predicted molar refractivity (Wildman–Crippen MR) is 216 cm³/mol. The van der Waals surface area contributed by atoms with Crippen molar-refractivity contribution in [1.29, 1.82) is 0 Å². The molecule has 11 heteroatoms. The highest BCUT2D eigenvalue weighted by Gasteiger charge is 2.38. The van der Waals surface area contributed by atoms with E-state index in [9.17, 15) is 5.11 Å². The van der Waals surface area contributed by atoms with E-state index < -0.39 is 0 Å². The van der Waals surface area contributed by atoms with E-state index in [-0.39, 0.29) is 18.7 Å². The summed E-state index contributed by atoms with van der Waals surface area (Å²) in [6.45, 7) is 7.05. The van der Waals surface area contributed by atoms with Gasteiger partial charge in [-0.2, -0.15) is 0 Å². The lowest BCUT2D eigenvalue weighted by molar-refractivity contribution is 0.107. The van der Waals surface area contributed by atoms with Crippen LogP contribution in [0.1, 0.15) is 51.0 Å². The summed E-state index contributed by atoms with van der Waals surface area (Å²) in [5.74, 6) is 5.44. The molecular formula is C45H56N4O7. The Bertz CT molecular complexity index is 2030. The molecule has 0 saturated carbocycles. The molecule has 0 aromatic heterocycles. The molecule has 0 spiro atoms. The summed E-state index contributed by atoms with van der Waals surface area (Å²) in [5, 5.41) is 9.56. The fourth-order valence-electron chi connectivity index (χ4n) is 9.21. The van der Waals surface area contributed by atoms with Gasteiger partial charge in [0.05, 0.1) is 35.0 Å². The van der Waals surface area contributed by atoms with E-state index in [0.29, 0.717) is 53.2 Å². The second kappa shape index (κ2) is 16.5. The Kier molecular flexibility index (Phi) is 11.3. The van der Waals surface area contributed by atoms with Crippen molar-refractivity contribution < 1.29 is 33.5 Å². The zero-order chi connectivity index (χ0) is 38.9. The zero-order valence-electron chi connectivity index (χ0n) is 33.7. The first-order valence-corrected chi connectivity index (χ1v) is 19.9. The minimum atomic E-state index is -0.0596. The first-order valence-electron chi connectivity index (χ1n) is 19.9. The maximum atomic E-state index is 9.56. The lowest BCUT2D eigenvalue weighted by atomic mass is 9.84. The van der Waals surface area contributed by atoms with Crippen LogP contribution in [0.2, 0.25) is 0 Å². The second-order valence-corrected chi connectivity index (χ2v) is 15.5. The normalized spacial score (nSPS) is 20.3. The van der Waals surface area contributed by atoms with Crippen molar-refractivity contribution in [2.75, 3.05) is 95.0 Å². The number of methoxy groups -OCH3 is 4. The maximum Gasteiger partial charge on any atom is 0.204 e. The quantitative estimate of drug-likeness (QED) is 0.220. The third kappa shape index (κ3) is 7.39. The topological polar surface area (TPSA) is 88.6 Å². The molecule has 1 saturated heterocycles. The fraction of sp³-hybridized carbons (Fsp3) is 0.467. The van der Waals surface area contributed by atoms with Crippen molar-refractivity contribution in [2.45, 2.75) is 44.3 Å². The molecule has 0 radical (unpaired) electrons. The molecule has 4 aromatic carbocycles. The number of rotatable bonds is 8. The number of ether oxygens (including phenoxy) is 6. The number of benzene rings is 4. The Morgan fingerprint density at radius 1 is 0.661 bits per heavy atom. The predicted octanol–water partition coefficient (Wildman–Crippen LogP) is 6.27. The van der Waals surface area contributed by atoms with Gasteiger partial charge in [-0.1, -0.05) is 18.2 Å². The SMILES string of the molecule is COc1ccc2cc1Oc1ccc(cc1)CC1c3cc(c(OC)cc3CCN1C)Oc1c(OC)c(OC)c(CN3CCN(CCO)CC3)c3c1[C@H](C2)N(C)CC3. The van der Waals surface area contributed by atoms with Crippen molar-refractivity contribution in [1.82, 2.24) is 19.6 Å².